The molecule has 1 heterocycles. The van der Waals surface area contributed by atoms with Gasteiger partial charge in [-0.15, -0.1) is 0 Å². The van der Waals surface area contributed by atoms with Crippen LogP contribution in [0.2, 0.25) is 0 Å². The van der Waals surface area contributed by atoms with Gasteiger partial charge in [0.1, 0.15) is 0 Å². The molecule has 5 atom stereocenters. The first-order chi connectivity index (χ1) is 9.13. The van der Waals surface area contributed by atoms with Crippen LogP contribution in [-0.4, -0.2) is 42.8 Å². The van der Waals surface area contributed by atoms with Crippen molar-refractivity contribution < 1.29 is 4.74 Å². The lowest BCUT2D eigenvalue weighted by atomic mass is 9.75. The van der Waals surface area contributed by atoms with Crippen molar-refractivity contribution in [1.82, 2.24) is 4.90 Å². The van der Waals surface area contributed by atoms with E-state index < -0.39 is 0 Å². The molecule has 2 rings (SSSR count). The minimum atomic E-state index is 0.369. The van der Waals surface area contributed by atoms with Crippen LogP contribution in [-0.2, 0) is 4.74 Å². The minimum Gasteiger partial charge on any atom is -0.373 e. The van der Waals surface area contributed by atoms with Gasteiger partial charge in [-0.2, -0.15) is 0 Å². The van der Waals surface area contributed by atoms with E-state index in [0.29, 0.717) is 24.2 Å². The lowest BCUT2D eigenvalue weighted by Crippen LogP contribution is -2.55. The topological polar surface area (TPSA) is 38.5 Å². The molecule has 5 unspecified atom stereocenters. The van der Waals surface area contributed by atoms with Crippen molar-refractivity contribution in [3.63, 3.8) is 0 Å². The Morgan fingerprint density at radius 3 is 2.42 bits per heavy atom. The fourth-order valence-electron chi connectivity index (χ4n) is 4.18. The number of nitrogens with zero attached hydrogens (tertiary/aromatic N) is 1. The van der Waals surface area contributed by atoms with Crippen LogP contribution in [0, 0.1) is 11.8 Å². The molecule has 0 aromatic heterocycles. The van der Waals surface area contributed by atoms with Gasteiger partial charge >= 0.3 is 0 Å². The summed E-state index contributed by atoms with van der Waals surface area (Å²) in [6, 6.07) is 0.698. The predicted octanol–water partition coefficient (Wildman–Crippen LogP) is 2.64. The van der Waals surface area contributed by atoms with Crippen LogP contribution in [0.5, 0.6) is 0 Å². The summed E-state index contributed by atoms with van der Waals surface area (Å²) in [6.07, 6.45) is 7.52. The standard InChI is InChI=1S/C16H32N2O/c1-4-5-14-6-7-15(9-17)16(8-14)18-10-12(2)19-13(3)11-18/h12-16H,4-11,17H2,1-3H3. The zero-order valence-electron chi connectivity index (χ0n) is 13.0. The number of hydrogen-bond donors (Lipinski definition) is 1. The van der Waals surface area contributed by atoms with Gasteiger partial charge in [0.15, 0.2) is 0 Å². The quantitative estimate of drug-likeness (QED) is 0.852. The molecule has 0 bridgehead atoms. The van der Waals surface area contributed by atoms with Crippen molar-refractivity contribution >= 4 is 0 Å². The molecule has 1 saturated heterocycles. The van der Waals surface area contributed by atoms with Gasteiger partial charge in [-0.1, -0.05) is 26.2 Å². The normalized spacial score (nSPS) is 41.4. The molecule has 0 radical (unpaired) electrons. The van der Waals surface area contributed by atoms with E-state index in [1.165, 1.54) is 32.1 Å². The van der Waals surface area contributed by atoms with Gasteiger partial charge in [-0.05, 0) is 45.1 Å². The first-order valence-corrected chi connectivity index (χ1v) is 8.23. The van der Waals surface area contributed by atoms with Gasteiger partial charge in [0.05, 0.1) is 12.2 Å². The third-order valence-electron chi connectivity index (χ3n) is 4.98. The number of morpholine rings is 1. The van der Waals surface area contributed by atoms with Gasteiger partial charge in [0, 0.05) is 19.1 Å². The summed E-state index contributed by atoms with van der Waals surface area (Å²) >= 11 is 0. The molecule has 0 aromatic rings. The molecular formula is C16H32N2O. The van der Waals surface area contributed by atoms with Crippen molar-refractivity contribution in [3.8, 4) is 0 Å². The molecule has 0 spiro atoms. The smallest absolute Gasteiger partial charge is 0.0678 e. The van der Waals surface area contributed by atoms with E-state index in [1.807, 2.05) is 0 Å². The van der Waals surface area contributed by atoms with Gasteiger partial charge < -0.3 is 10.5 Å². The first kappa shape index (κ1) is 15.3. The zero-order chi connectivity index (χ0) is 13.8. The summed E-state index contributed by atoms with van der Waals surface area (Å²) in [4.78, 5) is 2.68. The second-order valence-electron chi connectivity index (χ2n) is 6.74. The molecule has 3 nitrogen and oxygen atoms in total. The van der Waals surface area contributed by atoms with E-state index in [9.17, 15) is 0 Å². The predicted molar refractivity (Wildman–Crippen MR) is 80.2 cm³/mol. The highest BCUT2D eigenvalue weighted by Gasteiger charge is 2.36. The van der Waals surface area contributed by atoms with Crippen LogP contribution >= 0.6 is 0 Å². The monoisotopic (exact) mass is 268 g/mol. The van der Waals surface area contributed by atoms with E-state index >= 15 is 0 Å². The SMILES string of the molecule is CCCC1CCC(CN)C(N2CC(C)OC(C)C2)C1. The Balaban J connectivity index is 2.00. The second-order valence-corrected chi connectivity index (χ2v) is 6.74. The zero-order valence-corrected chi connectivity index (χ0v) is 13.0. The number of hydrogen-bond acceptors (Lipinski definition) is 3. The summed E-state index contributed by atoms with van der Waals surface area (Å²) in [5.74, 6) is 1.62. The van der Waals surface area contributed by atoms with Crippen molar-refractivity contribution in [1.29, 1.82) is 0 Å². The van der Waals surface area contributed by atoms with Crippen LogP contribution in [0.15, 0.2) is 0 Å². The Morgan fingerprint density at radius 2 is 1.84 bits per heavy atom. The summed E-state index contributed by atoms with van der Waals surface area (Å²) in [5.41, 5.74) is 6.03. The summed E-state index contributed by atoms with van der Waals surface area (Å²) in [7, 11) is 0. The number of rotatable bonds is 4. The van der Waals surface area contributed by atoms with Gasteiger partial charge in [-0.3, -0.25) is 4.90 Å². The Hall–Kier alpha value is -0.120. The molecule has 2 aliphatic rings. The summed E-state index contributed by atoms with van der Waals surface area (Å²) in [6.45, 7) is 9.74. The maximum absolute atomic E-state index is 6.03. The Morgan fingerprint density at radius 1 is 1.16 bits per heavy atom. The Kier molecular flexibility index (Phi) is 5.67. The highest BCUT2D eigenvalue weighted by atomic mass is 16.5. The molecule has 1 aliphatic carbocycles. The van der Waals surface area contributed by atoms with Crippen LogP contribution in [0.25, 0.3) is 0 Å². The van der Waals surface area contributed by atoms with Crippen LogP contribution in [0.3, 0.4) is 0 Å². The van der Waals surface area contributed by atoms with E-state index in [1.54, 1.807) is 0 Å². The van der Waals surface area contributed by atoms with Gasteiger partial charge in [0.2, 0.25) is 0 Å². The minimum absolute atomic E-state index is 0.369. The van der Waals surface area contributed by atoms with Crippen LogP contribution in [0.4, 0.5) is 0 Å². The Bertz CT molecular complexity index is 261. The van der Waals surface area contributed by atoms with E-state index in [-0.39, 0.29) is 0 Å². The molecule has 3 heteroatoms. The molecule has 0 aromatic carbocycles. The van der Waals surface area contributed by atoms with Crippen LogP contribution in [0.1, 0.15) is 52.9 Å². The molecule has 0 amide bonds. The molecule has 2 fully saturated rings. The highest BCUT2D eigenvalue weighted by Crippen LogP contribution is 2.35. The summed E-state index contributed by atoms with van der Waals surface area (Å²) < 4.78 is 5.88. The third-order valence-corrected chi connectivity index (χ3v) is 4.98. The maximum Gasteiger partial charge on any atom is 0.0678 e. The average molecular weight is 268 g/mol. The molecule has 112 valence electrons. The highest BCUT2D eigenvalue weighted by molar-refractivity contribution is 4.90. The molecule has 1 aliphatic heterocycles. The Labute approximate surface area is 118 Å². The van der Waals surface area contributed by atoms with Crippen LogP contribution < -0.4 is 5.73 Å². The lowest BCUT2D eigenvalue weighted by molar-refractivity contribution is -0.0940. The second kappa shape index (κ2) is 7.05. The molecule has 19 heavy (non-hydrogen) atoms. The van der Waals surface area contributed by atoms with E-state index in [0.717, 1.165) is 25.6 Å². The summed E-state index contributed by atoms with van der Waals surface area (Å²) in [5, 5.41) is 0. The maximum atomic E-state index is 6.03. The molecule has 2 N–H and O–H groups in total. The van der Waals surface area contributed by atoms with Gasteiger partial charge in [-0.25, -0.2) is 0 Å². The van der Waals surface area contributed by atoms with Crippen molar-refractivity contribution in [3.05, 3.63) is 0 Å². The first-order valence-electron chi connectivity index (χ1n) is 8.23. The fourth-order valence-corrected chi connectivity index (χ4v) is 4.18. The largest absolute Gasteiger partial charge is 0.373 e. The van der Waals surface area contributed by atoms with Crippen molar-refractivity contribution in [2.45, 2.75) is 71.1 Å². The van der Waals surface area contributed by atoms with Crippen molar-refractivity contribution in [2.24, 2.45) is 17.6 Å². The number of nitrogens with two attached hydrogens (primary N) is 1. The fraction of sp³-hybridized carbons (Fsp3) is 1.00. The third kappa shape index (κ3) is 3.93. The van der Waals surface area contributed by atoms with Gasteiger partial charge in [0.25, 0.3) is 0 Å². The molecular weight excluding hydrogens is 236 g/mol. The van der Waals surface area contributed by atoms with Crippen molar-refractivity contribution in [2.75, 3.05) is 19.6 Å². The average Bonchev–Trinajstić information content (AvgIpc) is 2.38. The lowest BCUT2D eigenvalue weighted by Gasteiger charge is -2.46. The number of ether oxygens (including phenoxy) is 1. The van der Waals surface area contributed by atoms with E-state index in [4.69, 9.17) is 10.5 Å². The van der Waals surface area contributed by atoms with E-state index in [2.05, 4.69) is 25.7 Å². The molecule has 1 saturated carbocycles.